The molecule has 0 N–H and O–H groups in total. The van der Waals surface area contributed by atoms with Crippen LogP contribution < -0.4 is 0 Å². The van der Waals surface area contributed by atoms with Crippen molar-refractivity contribution in [2.45, 2.75) is 26.4 Å². The van der Waals surface area contributed by atoms with Crippen LogP contribution in [0.15, 0.2) is 30.3 Å². The van der Waals surface area contributed by atoms with Gasteiger partial charge in [0.15, 0.2) is 5.78 Å². The van der Waals surface area contributed by atoms with Crippen molar-refractivity contribution in [1.29, 1.82) is 0 Å². The summed E-state index contributed by atoms with van der Waals surface area (Å²) < 4.78 is 10.2. The maximum atomic E-state index is 12.1. The zero-order valence-electron chi connectivity index (χ0n) is 10.7. The van der Waals surface area contributed by atoms with Crippen LogP contribution in [0, 0.1) is 0 Å². The fourth-order valence-corrected chi connectivity index (χ4v) is 1.59. The Bertz CT molecular complexity index is 386. The van der Waals surface area contributed by atoms with E-state index in [1.807, 2.05) is 6.07 Å². The molecule has 0 saturated carbocycles. The molecule has 0 saturated heterocycles. The molecule has 1 aromatic rings. The highest BCUT2D eigenvalue weighted by atomic mass is 16.5. The van der Waals surface area contributed by atoms with Crippen molar-refractivity contribution in [3.8, 4) is 0 Å². The lowest BCUT2D eigenvalue weighted by atomic mass is 10.0. The van der Waals surface area contributed by atoms with Gasteiger partial charge in [-0.2, -0.15) is 0 Å². The quantitative estimate of drug-likeness (QED) is 0.550. The van der Waals surface area contributed by atoms with Crippen molar-refractivity contribution in [2.24, 2.45) is 0 Å². The van der Waals surface area contributed by atoms with Crippen molar-refractivity contribution < 1.29 is 19.1 Å². The van der Waals surface area contributed by atoms with E-state index in [1.165, 1.54) is 0 Å². The normalized spacial score (nSPS) is 11.9. The number of Topliss-reactive ketones (excluding diaryl/α,β-unsaturated/α-hetero) is 1. The number of rotatable bonds is 7. The maximum Gasteiger partial charge on any atom is 0.308 e. The summed E-state index contributed by atoms with van der Waals surface area (Å²) in [6.45, 7) is 4.20. The molecule has 1 rings (SSSR count). The van der Waals surface area contributed by atoms with E-state index in [0.717, 1.165) is 0 Å². The topological polar surface area (TPSA) is 52.6 Å². The Morgan fingerprint density at radius 1 is 1.11 bits per heavy atom. The van der Waals surface area contributed by atoms with Gasteiger partial charge in [-0.3, -0.25) is 9.59 Å². The lowest BCUT2D eigenvalue weighted by Crippen LogP contribution is -2.28. The van der Waals surface area contributed by atoms with Gasteiger partial charge < -0.3 is 9.47 Å². The molecule has 1 atom stereocenters. The molecule has 18 heavy (non-hydrogen) atoms. The predicted octanol–water partition coefficient (Wildman–Crippen LogP) is 2.23. The van der Waals surface area contributed by atoms with E-state index >= 15 is 0 Å². The van der Waals surface area contributed by atoms with Crippen molar-refractivity contribution in [2.75, 3.05) is 13.2 Å². The highest BCUT2D eigenvalue weighted by Gasteiger charge is 2.23. The first-order valence-electron chi connectivity index (χ1n) is 6.05. The number of ketones is 1. The van der Waals surface area contributed by atoms with Crippen molar-refractivity contribution >= 4 is 11.8 Å². The fraction of sp³-hybridized carbons (Fsp3) is 0.429. The number of carbonyl (C=O) groups excluding carboxylic acids is 2. The largest absolute Gasteiger partial charge is 0.466 e. The minimum atomic E-state index is -0.767. The van der Waals surface area contributed by atoms with Crippen LogP contribution >= 0.6 is 0 Å². The van der Waals surface area contributed by atoms with Crippen LogP contribution in [-0.2, 0) is 14.3 Å². The van der Waals surface area contributed by atoms with E-state index in [0.29, 0.717) is 18.8 Å². The Balaban J connectivity index is 2.72. The van der Waals surface area contributed by atoms with Crippen LogP contribution in [0.25, 0.3) is 0 Å². The molecule has 1 unspecified atom stereocenters. The Kier molecular flexibility index (Phi) is 6.08. The van der Waals surface area contributed by atoms with Crippen LogP contribution in [0.3, 0.4) is 0 Å². The van der Waals surface area contributed by atoms with E-state index in [9.17, 15) is 9.59 Å². The van der Waals surface area contributed by atoms with Gasteiger partial charge in [0, 0.05) is 12.2 Å². The first kappa shape index (κ1) is 14.4. The molecule has 4 heteroatoms. The molecule has 0 amide bonds. The third kappa shape index (κ3) is 4.30. The Morgan fingerprint density at radius 3 is 2.33 bits per heavy atom. The minimum Gasteiger partial charge on any atom is -0.466 e. The Hall–Kier alpha value is -1.68. The monoisotopic (exact) mass is 250 g/mol. The standard InChI is InChI=1S/C14H18O4/c1-3-17-12(10-13(15)18-4-2)14(16)11-8-6-5-7-9-11/h5-9,12H,3-4,10H2,1-2H3. The van der Waals surface area contributed by atoms with Crippen LogP contribution in [-0.4, -0.2) is 31.1 Å². The van der Waals surface area contributed by atoms with Gasteiger partial charge in [-0.15, -0.1) is 0 Å². The van der Waals surface area contributed by atoms with Crippen LogP contribution in [0.1, 0.15) is 30.6 Å². The summed E-state index contributed by atoms with van der Waals surface area (Å²) in [4.78, 5) is 23.6. The number of benzene rings is 1. The lowest BCUT2D eigenvalue weighted by Gasteiger charge is -2.15. The van der Waals surface area contributed by atoms with E-state index in [2.05, 4.69) is 0 Å². The second-order valence-electron chi connectivity index (χ2n) is 3.68. The molecule has 0 spiro atoms. The van der Waals surface area contributed by atoms with Crippen molar-refractivity contribution in [3.63, 3.8) is 0 Å². The summed E-state index contributed by atoms with van der Waals surface area (Å²) in [5.41, 5.74) is 0.542. The molecule has 0 heterocycles. The molecular formula is C14H18O4. The molecule has 0 bridgehead atoms. The van der Waals surface area contributed by atoms with Gasteiger partial charge in [0.1, 0.15) is 6.10 Å². The van der Waals surface area contributed by atoms with Gasteiger partial charge in [-0.05, 0) is 13.8 Å². The van der Waals surface area contributed by atoms with E-state index in [-0.39, 0.29) is 12.2 Å². The summed E-state index contributed by atoms with van der Waals surface area (Å²) in [7, 11) is 0. The van der Waals surface area contributed by atoms with Gasteiger partial charge in [0.2, 0.25) is 0 Å². The summed E-state index contributed by atoms with van der Waals surface area (Å²) >= 11 is 0. The van der Waals surface area contributed by atoms with Gasteiger partial charge >= 0.3 is 5.97 Å². The predicted molar refractivity (Wildman–Crippen MR) is 67.4 cm³/mol. The van der Waals surface area contributed by atoms with E-state index in [4.69, 9.17) is 9.47 Å². The smallest absolute Gasteiger partial charge is 0.308 e. The first-order chi connectivity index (χ1) is 8.69. The molecule has 4 nitrogen and oxygen atoms in total. The zero-order chi connectivity index (χ0) is 13.4. The number of hydrogen-bond donors (Lipinski definition) is 0. The minimum absolute atomic E-state index is 0.0462. The van der Waals surface area contributed by atoms with E-state index in [1.54, 1.807) is 38.1 Å². The molecule has 0 aliphatic carbocycles. The van der Waals surface area contributed by atoms with Gasteiger partial charge in [-0.1, -0.05) is 30.3 Å². The molecule has 0 aromatic heterocycles. The SMILES string of the molecule is CCOC(=O)CC(OCC)C(=O)c1ccccc1. The number of carbonyl (C=O) groups is 2. The number of ether oxygens (including phenoxy) is 2. The Morgan fingerprint density at radius 2 is 1.78 bits per heavy atom. The first-order valence-corrected chi connectivity index (χ1v) is 6.05. The lowest BCUT2D eigenvalue weighted by molar-refractivity contribution is -0.145. The van der Waals surface area contributed by atoms with Gasteiger partial charge in [0.25, 0.3) is 0 Å². The molecule has 0 fully saturated rings. The molecule has 98 valence electrons. The second kappa shape index (κ2) is 7.61. The third-order valence-corrected chi connectivity index (χ3v) is 2.38. The Labute approximate surface area is 107 Å². The summed E-state index contributed by atoms with van der Waals surface area (Å²) in [6.07, 6.45) is -0.813. The summed E-state index contributed by atoms with van der Waals surface area (Å²) in [5.74, 6) is -0.606. The van der Waals surface area contributed by atoms with Gasteiger partial charge in [-0.25, -0.2) is 0 Å². The molecule has 0 radical (unpaired) electrons. The van der Waals surface area contributed by atoms with Crippen LogP contribution in [0.5, 0.6) is 0 Å². The average molecular weight is 250 g/mol. The van der Waals surface area contributed by atoms with Crippen LogP contribution in [0.2, 0.25) is 0 Å². The third-order valence-electron chi connectivity index (χ3n) is 2.38. The van der Waals surface area contributed by atoms with E-state index < -0.39 is 12.1 Å². The molecule has 0 aliphatic heterocycles. The number of hydrogen-bond acceptors (Lipinski definition) is 4. The number of esters is 1. The van der Waals surface area contributed by atoms with Crippen molar-refractivity contribution in [1.82, 2.24) is 0 Å². The van der Waals surface area contributed by atoms with Crippen molar-refractivity contribution in [3.05, 3.63) is 35.9 Å². The fourth-order valence-electron chi connectivity index (χ4n) is 1.59. The summed E-state index contributed by atoms with van der Waals surface area (Å²) in [6, 6.07) is 8.80. The highest BCUT2D eigenvalue weighted by molar-refractivity contribution is 6.01. The highest BCUT2D eigenvalue weighted by Crippen LogP contribution is 2.10. The second-order valence-corrected chi connectivity index (χ2v) is 3.68. The molecule has 0 aliphatic rings. The molecule has 1 aromatic carbocycles. The molecular weight excluding hydrogens is 232 g/mol. The van der Waals surface area contributed by atoms with Crippen LogP contribution in [0.4, 0.5) is 0 Å². The zero-order valence-corrected chi connectivity index (χ0v) is 10.7. The summed E-state index contributed by atoms with van der Waals surface area (Å²) in [5, 5.41) is 0. The maximum absolute atomic E-state index is 12.1. The average Bonchev–Trinajstić information content (AvgIpc) is 2.39. The van der Waals surface area contributed by atoms with Gasteiger partial charge in [0.05, 0.1) is 13.0 Å².